The van der Waals surface area contributed by atoms with Crippen LogP contribution in [-0.2, 0) is 0 Å². The Morgan fingerprint density at radius 1 is 1.40 bits per heavy atom. The van der Waals surface area contributed by atoms with Crippen molar-refractivity contribution in [3.8, 4) is 5.75 Å². The molecule has 20 heavy (non-hydrogen) atoms. The number of rotatable bonds is 2. The third-order valence-electron chi connectivity index (χ3n) is 2.05. The van der Waals surface area contributed by atoms with E-state index in [2.05, 4.69) is 9.97 Å². The molecule has 2 aromatic rings. The molecule has 0 saturated carbocycles. The van der Waals surface area contributed by atoms with Gasteiger partial charge in [-0.3, -0.25) is 0 Å². The SMILES string of the molecule is CC.CC.COc1cc(F)c2nc(C(=O)O)[nH]c2c1Cl. The molecule has 1 aromatic carbocycles. The maximum atomic E-state index is 13.5. The van der Waals surface area contributed by atoms with E-state index in [0.717, 1.165) is 6.07 Å². The molecule has 0 aliphatic heterocycles. The number of fused-ring (bicyclic) bond motifs is 1. The van der Waals surface area contributed by atoms with Crippen molar-refractivity contribution in [1.29, 1.82) is 0 Å². The predicted octanol–water partition coefficient (Wildman–Crippen LogP) is 4.11. The minimum absolute atomic E-state index is 0.0962. The highest BCUT2D eigenvalue weighted by Crippen LogP contribution is 2.33. The van der Waals surface area contributed by atoms with Crippen LogP contribution in [0.3, 0.4) is 0 Å². The molecular weight excluding hydrogens is 287 g/mol. The summed E-state index contributed by atoms with van der Waals surface area (Å²) < 4.78 is 18.3. The number of aromatic nitrogens is 2. The van der Waals surface area contributed by atoms with Crippen LogP contribution in [0.5, 0.6) is 5.75 Å². The Bertz CT molecular complexity index is 584. The fourth-order valence-corrected chi connectivity index (χ4v) is 1.59. The van der Waals surface area contributed by atoms with Gasteiger partial charge in [-0.15, -0.1) is 0 Å². The summed E-state index contributed by atoms with van der Waals surface area (Å²) in [6, 6.07) is 1.05. The lowest BCUT2D eigenvalue weighted by Gasteiger charge is -2.03. The number of methoxy groups -OCH3 is 1. The van der Waals surface area contributed by atoms with E-state index in [-0.39, 0.29) is 27.6 Å². The van der Waals surface area contributed by atoms with Crippen LogP contribution in [0.25, 0.3) is 11.0 Å². The van der Waals surface area contributed by atoms with E-state index in [1.165, 1.54) is 7.11 Å². The minimum atomic E-state index is -1.29. The second-order valence-electron chi connectivity index (χ2n) is 2.99. The summed E-state index contributed by atoms with van der Waals surface area (Å²) in [5, 5.41) is 8.80. The molecule has 0 aliphatic carbocycles. The van der Waals surface area contributed by atoms with Gasteiger partial charge in [0, 0.05) is 6.07 Å². The number of aromatic carboxylic acids is 1. The molecule has 0 atom stereocenters. The molecule has 2 N–H and O–H groups in total. The number of hydrogen-bond acceptors (Lipinski definition) is 3. The van der Waals surface area contributed by atoms with Crippen molar-refractivity contribution in [2.45, 2.75) is 27.7 Å². The number of ether oxygens (including phenoxy) is 1. The van der Waals surface area contributed by atoms with Gasteiger partial charge in [0.15, 0.2) is 5.82 Å². The van der Waals surface area contributed by atoms with Crippen LogP contribution in [-0.4, -0.2) is 28.2 Å². The number of carbonyl (C=O) groups is 1. The molecule has 1 aromatic heterocycles. The normalized spacial score (nSPS) is 9.15. The molecule has 0 saturated heterocycles. The first-order valence-corrected chi connectivity index (χ1v) is 6.57. The van der Waals surface area contributed by atoms with Crippen LogP contribution in [0, 0.1) is 5.82 Å². The van der Waals surface area contributed by atoms with E-state index in [1.807, 2.05) is 27.7 Å². The maximum Gasteiger partial charge on any atom is 0.371 e. The van der Waals surface area contributed by atoms with Gasteiger partial charge in [0.05, 0.1) is 12.6 Å². The van der Waals surface area contributed by atoms with Gasteiger partial charge in [0.1, 0.15) is 16.3 Å². The van der Waals surface area contributed by atoms with Crippen molar-refractivity contribution in [2.24, 2.45) is 0 Å². The third kappa shape index (κ3) is 3.60. The number of benzene rings is 1. The van der Waals surface area contributed by atoms with E-state index >= 15 is 0 Å². The summed E-state index contributed by atoms with van der Waals surface area (Å²) in [4.78, 5) is 16.7. The largest absolute Gasteiger partial charge is 0.495 e. The number of carboxylic acid groups (broad SMARTS) is 1. The molecule has 0 spiro atoms. The Balaban J connectivity index is 0.000000829. The van der Waals surface area contributed by atoms with Crippen molar-refractivity contribution < 1.29 is 19.0 Å². The fraction of sp³-hybridized carbons (Fsp3) is 0.385. The van der Waals surface area contributed by atoms with Gasteiger partial charge in [0.2, 0.25) is 5.82 Å². The molecule has 0 unspecified atom stereocenters. The molecule has 2 rings (SSSR count). The van der Waals surface area contributed by atoms with Crippen molar-refractivity contribution >= 4 is 28.6 Å². The highest BCUT2D eigenvalue weighted by Gasteiger charge is 2.18. The standard InChI is InChI=1S/C9H6ClFN2O3.2C2H6/c1-16-4-2-3(11)6-7(5(4)10)13-8(12-6)9(14)15;2*1-2/h2H,1H3,(H,12,13)(H,14,15);2*1-2H3. The number of carboxylic acids is 1. The Labute approximate surface area is 121 Å². The van der Waals surface area contributed by atoms with E-state index in [4.69, 9.17) is 21.4 Å². The highest BCUT2D eigenvalue weighted by molar-refractivity contribution is 6.36. The Morgan fingerprint density at radius 3 is 2.40 bits per heavy atom. The van der Waals surface area contributed by atoms with E-state index in [0.29, 0.717) is 0 Å². The van der Waals surface area contributed by atoms with Gasteiger partial charge < -0.3 is 14.8 Å². The van der Waals surface area contributed by atoms with Gasteiger partial charge >= 0.3 is 5.97 Å². The van der Waals surface area contributed by atoms with Crippen LogP contribution in [0.2, 0.25) is 5.02 Å². The number of imidazole rings is 1. The lowest BCUT2D eigenvalue weighted by Crippen LogP contribution is -1.97. The molecule has 0 amide bonds. The molecule has 0 bridgehead atoms. The minimum Gasteiger partial charge on any atom is -0.495 e. The lowest BCUT2D eigenvalue weighted by atomic mass is 10.3. The van der Waals surface area contributed by atoms with Gasteiger partial charge in [-0.05, 0) is 0 Å². The van der Waals surface area contributed by atoms with Gasteiger partial charge in [-0.25, -0.2) is 14.2 Å². The van der Waals surface area contributed by atoms with Crippen LogP contribution in [0.15, 0.2) is 6.07 Å². The number of nitrogens with zero attached hydrogens (tertiary/aromatic N) is 1. The number of H-pyrrole nitrogens is 1. The summed E-state index contributed by atoms with van der Waals surface area (Å²) in [6.45, 7) is 8.00. The molecule has 0 radical (unpaired) electrons. The van der Waals surface area contributed by atoms with Gasteiger partial charge in [-0.1, -0.05) is 39.3 Å². The molecule has 0 fully saturated rings. The van der Waals surface area contributed by atoms with Crippen molar-refractivity contribution in [3.05, 3.63) is 22.7 Å². The van der Waals surface area contributed by atoms with Gasteiger partial charge in [0.25, 0.3) is 0 Å². The zero-order valence-corrected chi connectivity index (χ0v) is 12.8. The first kappa shape index (κ1) is 18.2. The van der Waals surface area contributed by atoms with Crippen molar-refractivity contribution in [3.63, 3.8) is 0 Å². The molecule has 1 heterocycles. The van der Waals surface area contributed by atoms with E-state index in [1.54, 1.807) is 0 Å². The summed E-state index contributed by atoms with van der Waals surface area (Å²) in [7, 11) is 1.33. The molecule has 5 nitrogen and oxygen atoms in total. The first-order chi connectivity index (χ1) is 9.54. The van der Waals surface area contributed by atoms with Crippen molar-refractivity contribution in [1.82, 2.24) is 9.97 Å². The summed E-state index contributed by atoms with van der Waals surface area (Å²) in [5.74, 6) is -2.23. The molecular formula is C13H18ClFN2O3. The summed E-state index contributed by atoms with van der Waals surface area (Å²) in [6.07, 6.45) is 0. The molecule has 0 aliphatic rings. The average molecular weight is 305 g/mol. The van der Waals surface area contributed by atoms with Crippen LogP contribution in [0.4, 0.5) is 4.39 Å². The topological polar surface area (TPSA) is 75.2 Å². The van der Waals surface area contributed by atoms with Crippen LogP contribution < -0.4 is 4.74 Å². The van der Waals surface area contributed by atoms with Crippen LogP contribution >= 0.6 is 11.6 Å². The third-order valence-corrected chi connectivity index (χ3v) is 2.42. The number of halogens is 2. The predicted molar refractivity (Wildman–Crippen MR) is 77.3 cm³/mol. The monoisotopic (exact) mass is 304 g/mol. The highest BCUT2D eigenvalue weighted by atomic mass is 35.5. The van der Waals surface area contributed by atoms with E-state index < -0.39 is 11.8 Å². The number of aromatic amines is 1. The molecule has 112 valence electrons. The Hall–Kier alpha value is -1.82. The van der Waals surface area contributed by atoms with Crippen molar-refractivity contribution in [2.75, 3.05) is 7.11 Å². The van der Waals surface area contributed by atoms with E-state index in [9.17, 15) is 9.18 Å². The first-order valence-electron chi connectivity index (χ1n) is 6.19. The Kier molecular flexibility index (Phi) is 7.61. The maximum absolute atomic E-state index is 13.5. The summed E-state index contributed by atoms with van der Waals surface area (Å²) in [5.41, 5.74) is -0.0147. The Morgan fingerprint density at radius 2 is 1.95 bits per heavy atom. The quantitative estimate of drug-likeness (QED) is 0.875. The second-order valence-corrected chi connectivity index (χ2v) is 3.37. The fourth-order valence-electron chi connectivity index (χ4n) is 1.32. The average Bonchev–Trinajstić information content (AvgIpc) is 2.93. The lowest BCUT2D eigenvalue weighted by molar-refractivity contribution is 0.0685. The summed E-state index contributed by atoms with van der Waals surface area (Å²) >= 11 is 5.88. The second kappa shape index (κ2) is 8.37. The molecule has 7 heteroatoms. The van der Waals surface area contributed by atoms with Crippen LogP contribution in [0.1, 0.15) is 38.3 Å². The van der Waals surface area contributed by atoms with Gasteiger partial charge in [-0.2, -0.15) is 0 Å². The zero-order chi connectivity index (χ0) is 15.9. The number of hydrogen-bond donors (Lipinski definition) is 2. The number of nitrogens with one attached hydrogen (secondary N) is 1. The zero-order valence-electron chi connectivity index (χ0n) is 12.0. The smallest absolute Gasteiger partial charge is 0.371 e.